The third kappa shape index (κ3) is 3.23. The highest BCUT2D eigenvalue weighted by Crippen LogP contribution is 2.18. The Morgan fingerprint density at radius 1 is 0.824 bits per heavy atom. The fourth-order valence-electron chi connectivity index (χ4n) is 1.27. The molecule has 17 heavy (non-hydrogen) atoms. The van der Waals surface area contributed by atoms with Crippen LogP contribution < -0.4 is 0 Å². The maximum absolute atomic E-state index is 10.8. The smallest absolute Gasteiger partial charge is 0.252 e. The van der Waals surface area contributed by atoms with E-state index in [4.69, 9.17) is 11.6 Å². The highest BCUT2D eigenvalue weighted by molar-refractivity contribution is 6.67. The highest BCUT2D eigenvalue weighted by Gasteiger charge is 1.99. The number of halogens is 1. The van der Waals surface area contributed by atoms with Crippen LogP contribution in [0.25, 0.3) is 0 Å². The zero-order chi connectivity index (χ0) is 12.1. The standard InChI is InChI=1S/C13H9ClN2O/c14-13(17)10-6-8-12(9-7-10)16-15-11-4-2-1-3-5-11/h1-9H/b16-15+. The van der Waals surface area contributed by atoms with Crippen LogP contribution in [0, 0.1) is 0 Å². The largest absolute Gasteiger partial charge is 0.276 e. The molecule has 2 aromatic carbocycles. The van der Waals surface area contributed by atoms with Crippen LogP contribution in [0.2, 0.25) is 0 Å². The Morgan fingerprint density at radius 3 is 1.88 bits per heavy atom. The van der Waals surface area contributed by atoms with Crippen LogP contribution in [0.1, 0.15) is 10.4 Å². The van der Waals surface area contributed by atoms with E-state index in [0.717, 1.165) is 5.69 Å². The summed E-state index contributed by atoms with van der Waals surface area (Å²) in [5, 5.41) is 7.63. The van der Waals surface area contributed by atoms with Gasteiger partial charge < -0.3 is 0 Å². The van der Waals surface area contributed by atoms with Gasteiger partial charge in [0.05, 0.1) is 11.4 Å². The van der Waals surface area contributed by atoms with Gasteiger partial charge in [-0.1, -0.05) is 18.2 Å². The molecule has 0 atom stereocenters. The number of carbonyl (C=O) groups excluding carboxylic acids is 1. The average molecular weight is 245 g/mol. The first-order valence-electron chi connectivity index (χ1n) is 5.02. The molecule has 0 aliphatic heterocycles. The molecule has 2 aromatic rings. The molecular formula is C13H9ClN2O. The molecule has 0 saturated heterocycles. The zero-order valence-electron chi connectivity index (χ0n) is 8.88. The number of hydrogen-bond acceptors (Lipinski definition) is 3. The van der Waals surface area contributed by atoms with Crippen molar-refractivity contribution in [2.75, 3.05) is 0 Å². The van der Waals surface area contributed by atoms with Gasteiger partial charge in [0.15, 0.2) is 0 Å². The molecule has 2 rings (SSSR count). The first-order valence-corrected chi connectivity index (χ1v) is 5.40. The number of azo groups is 1. The SMILES string of the molecule is O=C(Cl)c1ccc(/N=N/c2ccccc2)cc1. The first-order chi connectivity index (χ1) is 8.25. The second-order valence-electron chi connectivity index (χ2n) is 3.36. The number of rotatable bonds is 3. The summed E-state index contributed by atoms with van der Waals surface area (Å²) in [7, 11) is 0. The lowest BCUT2D eigenvalue weighted by atomic mass is 10.2. The van der Waals surface area contributed by atoms with E-state index in [-0.39, 0.29) is 0 Å². The molecule has 0 N–H and O–H groups in total. The summed E-state index contributed by atoms with van der Waals surface area (Å²) in [6.07, 6.45) is 0. The molecule has 0 amide bonds. The Morgan fingerprint density at radius 2 is 1.35 bits per heavy atom. The van der Waals surface area contributed by atoms with Crippen LogP contribution in [0.5, 0.6) is 0 Å². The maximum Gasteiger partial charge on any atom is 0.252 e. The van der Waals surface area contributed by atoms with Gasteiger partial charge >= 0.3 is 0 Å². The van der Waals surface area contributed by atoms with Crippen molar-refractivity contribution in [2.45, 2.75) is 0 Å². The Bertz CT molecular complexity index is 535. The molecule has 0 fully saturated rings. The van der Waals surface area contributed by atoms with Gasteiger partial charge in [-0.15, -0.1) is 0 Å². The second kappa shape index (κ2) is 5.37. The lowest BCUT2D eigenvalue weighted by Gasteiger charge is -1.95. The van der Waals surface area contributed by atoms with Gasteiger partial charge in [-0.3, -0.25) is 4.79 Å². The summed E-state index contributed by atoms with van der Waals surface area (Å²) < 4.78 is 0. The predicted molar refractivity (Wildman–Crippen MR) is 67.2 cm³/mol. The van der Waals surface area contributed by atoms with E-state index >= 15 is 0 Å². The molecule has 0 spiro atoms. The third-order valence-electron chi connectivity index (χ3n) is 2.13. The minimum atomic E-state index is -0.475. The molecule has 0 aromatic heterocycles. The van der Waals surface area contributed by atoms with E-state index in [1.54, 1.807) is 24.3 Å². The van der Waals surface area contributed by atoms with E-state index in [9.17, 15) is 4.79 Å². The van der Waals surface area contributed by atoms with Crippen molar-refractivity contribution in [1.82, 2.24) is 0 Å². The summed E-state index contributed by atoms with van der Waals surface area (Å²) in [6, 6.07) is 16.1. The van der Waals surface area contributed by atoms with E-state index in [1.807, 2.05) is 30.3 Å². The molecule has 0 aliphatic rings. The van der Waals surface area contributed by atoms with Gasteiger partial charge in [-0.2, -0.15) is 10.2 Å². The normalized spacial score (nSPS) is 10.6. The minimum absolute atomic E-state index is 0.449. The average Bonchev–Trinajstić information content (AvgIpc) is 2.38. The van der Waals surface area contributed by atoms with Crippen LogP contribution in [0.3, 0.4) is 0 Å². The Hall–Kier alpha value is -2.00. The summed E-state index contributed by atoms with van der Waals surface area (Å²) in [5.41, 5.74) is 1.91. The van der Waals surface area contributed by atoms with Gasteiger partial charge in [-0.25, -0.2) is 0 Å². The Balaban J connectivity index is 2.14. The summed E-state index contributed by atoms with van der Waals surface area (Å²) in [5.74, 6) is 0. The van der Waals surface area contributed by atoms with Crippen molar-refractivity contribution in [2.24, 2.45) is 10.2 Å². The summed E-state index contributed by atoms with van der Waals surface area (Å²) in [6.45, 7) is 0. The number of benzene rings is 2. The number of nitrogens with zero attached hydrogens (tertiary/aromatic N) is 2. The van der Waals surface area contributed by atoms with Crippen LogP contribution in [-0.2, 0) is 0 Å². The molecule has 4 heteroatoms. The molecule has 0 bridgehead atoms. The topological polar surface area (TPSA) is 41.8 Å². The second-order valence-corrected chi connectivity index (χ2v) is 3.70. The van der Waals surface area contributed by atoms with Gasteiger partial charge in [0.2, 0.25) is 0 Å². The molecule has 0 unspecified atom stereocenters. The van der Waals surface area contributed by atoms with E-state index in [2.05, 4.69) is 10.2 Å². The number of hydrogen-bond donors (Lipinski definition) is 0. The fourth-order valence-corrected chi connectivity index (χ4v) is 1.40. The van der Waals surface area contributed by atoms with Crippen LogP contribution in [-0.4, -0.2) is 5.24 Å². The third-order valence-corrected chi connectivity index (χ3v) is 2.35. The van der Waals surface area contributed by atoms with Gasteiger partial charge in [-0.05, 0) is 48.0 Å². The van der Waals surface area contributed by atoms with Crippen molar-refractivity contribution in [3.05, 3.63) is 60.2 Å². The molecule has 0 aliphatic carbocycles. The molecule has 3 nitrogen and oxygen atoms in total. The minimum Gasteiger partial charge on any atom is -0.276 e. The molecule has 0 heterocycles. The zero-order valence-corrected chi connectivity index (χ0v) is 9.63. The molecule has 84 valence electrons. The van der Waals surface area contributed by atoms with Crippen molar-refractivity contribution >= 4 is 28.2 Å². The van der Waals surface area contributed by atoms with E-state index in [1.165, 1.54) is 0 Å². The van der Waals surface area contributed by atoms with Crippen molar-refractivity contribution in [1.29, 1.82) is 0 Å². The van der Waals surface area contributed by atoms with Crippen molar-refractivity contribution < 1.29 is 4.79 Å². The number of carbonyl (C=O) groups is 1. The lowest BCUT2D eigenvalue weighted by Crippen LogP contribution is -1.85. The highest BCUT2D eigenvalue weighted by atomic mass is 35.5. The molecular weight excluding hydrogens is 236 g/mol. The van der Waals surface area contributed by atoms with Gasteiger partial charge in [0, 0.05) is 5.56 Å². The van der Waals surface area contributed by atoms with E-state index < -0.39 is 5.24 Å². The molecule has 0 radical (unpaired) electrons. The summed E-state index contributed by atoms with van der Waals surface area (Å²) >= 11 is 5.34. The quantitative estimate of drug-likeness (QED) is 0.580. The van der Waals surface area contributed by atoms with Gasteiger partial charge in [0.1, 0.15) is 0 Å². The van der Waals surface area contributed by atoms with E-state index in [0.29, 0.717) is 11.3 Å². The Labute approximate surface area is 104 Å². The predicted octanol–water partition coefficient (Wildman–Crippen LogP) is 4.48. The summed E-state index contributed by atoms with van der Waals surface area (Å²) in [4.78, 5) is 10.8. The lowest BCUT2D eigenvalue weighted by molar-refractivity contribution is 0.108. The first kappa shape index (κ1) is 11.5. The monoisotopic (exact) mass is 244 g/mol. The van der Waals surface area contributed by atoms with Gasteiger partial charge in [0.25, 0.3) is 5.24 Å². The van der Waals surface area contributed by atoms with Crippen LogP contribution in [0.4, 0.5) is 11.4 Å². The van der Waals surface area contributed by atoms with Crippen LogP contribution in [0.15, 0.2) is 64.8 Å². The molecule has 0 saturated carbocycles. The van der Waals surface area contributed by atoms with Crippen molar-refractivity contribution in [3.63, 3.8) is 0 Å². The van der Waals surface area contributed by atoms with Crippen molar-refractivity contribution in [3.8, 4) is 0 Å². The van der Waals surface area contributed by atoms with Crippen LogP contribution >= 0.6 is 11.6 Å². The maximum atomic E-state index is 10.8. The fraction of sp³-hybridized carbons (Fsp3) is 0. The Kier molecular flexibility index (Phi) is 3.62.